The molecule has 2 amide bonds. The third-order valence-electron chi connectivity index (χ3n) is 6.76. The summed E-state index contributed by atoms with van der Waals surface area (Å²) in [6, 6.07) is 19.7. The molecule has 2 heterocycles. The lowest BCUT2D eigenvalue weighted by Crippen LogP contribution is -2.53. The van der Waals surface area contributed by atoms with E-state index in [1.165, 1.54) is 11.3 Å². The number of alkyl carbamates (subject to hydrolysis) is 1. The number of nitrogens with one attached hydrogen (secondary N) is 4. The molecule has 1 aromatic heterocycles. The van der Waals surface area contributed by atoms with Crippen molar-refractivity contribution in [3.63, 3.8) is 0 Å². The van der Waals surface area contributed by atoms with Gasteiger partial charge in [-0.25, -0.2) is 4.79 Å². The molecule has 0 bridgehead atoms. The molecule has 0 radical (unpaired) electrons. The van der Waals surface area contributed by atoms with Gasteiger partial charge in [0.25, 0.3) is 0 Å². The summed E-state index contributed by atoms with van der Waals surface area (Å²) in [5.74, 6) is -1.42. The van der Waals surface area contributed by atoms with Gasteiger partial charge in [0.2, 0.25) is 5.91 Å². The monoisotopic (exact) mass is 575 g/mol. The van der Waals surface area contributed by atoms with Gasteiger partial charge >= 0.3 is 6.09 Å². The number of nitrogen functional groups attached to an aromatic ring is 1. The van der Waals surface area contributed by atoms with E-state index in [4.69, 9.17) is 15.9 Å². The van der Waals surface area contributed by atoms with E-state index in [0.29, 0.717) is 22.7 Å². The first-order chi connectivity index (χ1) is 19.5. The highest BCUT2D eigenvalue weighted by Gasteiger charge is 2.38. The highest BCUT2D eigenvalue weighted by molar-refractivity contribution is 7.14. The van der Waals surface area contributed by atoms with Crippen molar-refractivity contribution < 1.29 is 19.1 Å². The smallest absolute Gasteiger partial charge is 0.408 e. The number of nitrogens with two attached hydrogens (primary N) is 1. The number of amidine groups is 1. The van der Waals surface area contributed by atoms with Gasteiger partial charge in [-0.05, 0) is 63.4 Å². The van der Waals surface area contributed by atoms with E-state index in [2.05, 4.69) is 16.0 Å². The molecule has 0 spiro atoms. The van der Waals surface area contributed by atoms with Gasteiger partial charge in [-0.3, -0.25) is 15.0 Å². The molecule has 3 atom stereocenters. The molecule has 6 N–H and O–H groups in total. The summed E-state index contributed by atoms with van der Waals surface area (Å²) in [7, 11) is 0. The van der Waals surface area contributed by atoms with E-state index in [1.807, 2.05) is 60.7 Å². The van der Waals surface area contributed by atoms with Crippen LogP contribution >= 0.6 is 11.3 Å². The lowest BCUT2D eigenvalue weighted by atomic mass is 9.84. The topological polar surface area (TPSA) is 146 Å². The van der Waals surface area contributed by atoms with Crippen LogP contribution in [-0.4, -0.2) is 47.8 Å². The maximum atomic E-state index is 14.3. The summed E-state index contributed by atoms with van der Waals surface area (Å²) in [6.07, 6.45) is 0.768. The van der Waals surface area contributed by atoms with Crippen molar-refractivity contribution in [3.8, 4) is 0 Å². The molecule has 1 aliphatic rings. The molecule has 9 nitrogen and oxygen atoms in total. The lowest BCUT2D eigenvalue weighted by Gasteiger charge is -2.31. The van der Waals surface area contributed by atoms with Crippen LogP contribution in [-0.2, 0) is 14.3 Å². The zero-order valence-corrected chi connectivity index (χ0v) is 24.3. The maximum Gasteiger partial charge on any atom is 0.408 e. The first-order valence-corrected chi connectivity index (χ1v) is 14.5. The number of ketones is 1. The van der Waals surface area contributed by atoms with Gasteiger partial charge in [0.15, 0.2) is 5.78 Å². The van der Waals surface area contributed by atoms with Gasteiger partial charge in [0, 0.05) is 10.8 Å². The van der Waals surface area contributed by atoms with Crippen LogP contribution < -0.4 is 21.7 Å². The lowest BCUT2D eigenvalue weighted by molar-refractivity contribution is -0.130. The number of rotatable bonds is 10. The maximum absolute atomic E-state index is 14.3. The molecule has 10 heteroatoms. The van der Waals surface area contributed by atoms with Crippen LogP contribution in [0.4, 0.5) is 4.79 Å². The third kappa shape index (κ3) is 7.80. The normalized spacial score (nSPS) is 16.5. The second-order valence-electron chi connectivity index (χ2n) is 11.0. The molecule has 1 aliphatic heterocycles. The van der Waals surface area contributed by atoms with Crippen molar-refractivity contribution in [3.05, 3.63) is 93.7 Å². The molecular weight excluding hydrogens is 538 g/mol. The van der Waals surface area contributed by atoms with Crippen LogP contribution in [0.15, 0.2) is 72.8 Å². The zero-order valence-electron chi connectivity index (χ0n) is 23.5. The molecule has 1 unspecified atom stereocenters. The number of thiophene rings is 1. The molecule has 0 saturated carbocycles. The van der Waals surface area contributed by atoms with Crippen molar-refractivity contribution >= 4 is 35.0 Å². The summed E-state index contributed by atoms with van der Waals surface area (Å²) in [6.45, 7) is 5.97. The van der Waals surface area contributed by atoms with Crippen LogP contribution in [0.2, 0.25) is 0 Å². The summed E-state index contributed by atoms with van der Waals surface area (Å²) in [5.41, 5.74) is 6.53. The average molecular weight is 576 g/mol. The van der Waals surface area contributed by atoms with Crippen LogP contribution in [0.1, 0.15) is 66.5 Å². The van der Waals surface area contributed by atoms with Gasteiger partial charge in [0.05, 0.1) is 10.9 Å². The molecule has 41 heavy (non-hydrogen) atoms. The van der Waals surface area contributed by atoms with E-state index in [-0.39, 0.29) is 11.6 Å². The molecule has 2 aromatic carbocycles. The van der Waals surface area contributed by atoms with Gasteiger partial charge in [-0.1, -0.05) is 60.7 Å². The number of hydrogen-bond acceptors (Lipinski definition) is 7. The first kappa shape index (κ1) is 30.0. The standard InChI is InChI=1S/C31H37N5O4S/c1-31(2,3)40-30(39)36-26(24(19-11-6-4-7-12-19)20-13-8-5-9-14-20)29(38)35-25(27(37)21-15-10-18-34-21)22-16-17-23(41-22)28(32)33/h4-9,11-14,16-17,21,24-26,34H,10,15,18H2,1-3H3,(H3,32,33)(H,35,38)(H,36,39)/t21-,25?,26+/m0/s1. The van der Waals surface area contributed by atoms with Crippen molar-refractivity contribution in [1.29, 1.82) is 5.41 Å². The minimum Gasteiger partial charge on any atom is -0.444 e. The largest absolute Gasteiger partial charge is 0.444 e. The number of carbonyl (C=O) groups excluding carboxylic acids is 3. The Morgan fingerprint density at radius 1 is 0.976 bits per heavy atom. The predicted molar refractivity (Wildman–Crippen MR) is 160 cm³/mol. The zero-order chi connectivity index (χ0) is 29.6. The van der Waals surface area contributed by atoms with Gasteiger partial charge in [-0.2, -0.15) is 0 Å². The van der Waals surface area contributed by atoms with E-state index in [1.54, 1.807) is 32.9 Å². The number of carbonyl (C=O) groups is 3. The summed E-state index contributed by atoms with van der Waals surface area (Å²) < 4.78 is 5.55. The Balaban J connectivity index is 1.75. The Morgan fingerprint density at radius 2 is 1.59 bits per heavy atom. The quantitative estimate of drug-likeness (QED) is 0.181. The molecule has 4 rings (SSSR count). The molecule has 0 aliphatic carbocycles. The summed E-state index contributed by atoms with van der Waals surface area (Å²) >= 11 is 1.19. The Labute approximate surface area is 244 Å². The van der Waals surface area contributed by atoms with E-state index >= 15 is 0 Å². The van der Waals surface area contributed by atoms with E-state index in [9.17, 15) is 14.4 Å². The Morgan fingerprint density at radius 3 is 2.07 bits per heavy atom. The molecule has 1 saturated heterocycles. The van der Waals surface area contributed by atoms with Crippen molar-refractivity contribution in [2.24, 2.45) is 5.73 Å². The van der Waals surface area contributed by atoms with E-state index < -0.39 is 41.6 Å². The van der Waals surface area contributed by atoms with Crippen molar-refractivity contribution in [1.82, 2.24) is 16.0 Å². The fraction of sp³-hybridized carbons (Fsp3) is 0.355. The Bertz CT molecular complexity index is 1320. The molecular formula is C31H37N5O4S. The number of benzene rings is 2. The van der Waals surface area contributed by atoms with Gasteiger partial charge < -0.3 is 26.4 Å². The second kappa shape index (κ2) is 13.1. The second-order valence-corrected chi connectivity index (χ2v) is 12.1. The molecule has 1 fully saturated rings. The highest BCUT2D eigenvalue weighted by Crippen LogP contribution is 2.31. The number of ether oxygens (including phenoxy) is 1. The SMILES string of the molecule is CC(C)(C)OC(=O)N[C@@H](C(=O)NC(C(=O)[C@@H]1CCCN1)c1ccc(C(=N)N)s1)C(c1ccccc1)c1ccccc1. The summed E-state index contributed by atoms with van der Waals surface area (Å²) in [4.78, 5) is 42.2. The predicted octanol–water partition coefficient (Wildman–Crippen LogP) is 4.24. The highest BCUT2D eigenvalue weighted by atomic mass is 32.1. The van der Waals surface area contributed by atoms with Crippen LogP contribution in [0.25, 0.3) is 0 Å². The van der Waals surface area contributed by atoms with E-state index in [0.717, 1.165) is 17.5 Å². The minimum atomic E-state index is -1.12. The fourth-order valence-electron chi connectivity index (χ4n) is 4.93. The summed E-state index contributed by atoms with van der Waals surface area (Å²) in [5, 5.41) is 16.8. The average Bonchev–Trinajstić information content (AvgIpc) is 3.64. The van der Waals surface area contributed by atoms with Crippen molar-refractivity contribution in [2.45, 2.75) is 63.3 Å². The third-order valence-corrected chi connectivity index (χ3v) is 7.94. The van der Waals surface area contributed by atoms with Crippen LogP contribution in [0.5, 0.6) is 0 Å². The minimum absolute atomic E-state index is 0.115. The Hall–Kier alpha value is -4.02. The fourth-order valence-corrected chi connectivity index (χ4v) is 5.86. The Kier molecular flexibility index (Phi) is 9.57. The number of hydrogen-bond donors (Lipinski definition) is 5. The molecule has 216 valence electrons. The first-order valence-electron chi connectivity index (χ1n) is 13.6. The van der Waals surface area contributed by atoms with Gasteiger partial charge in [0.1, 0.15) is 23.5 Å². The number of amides is 2. The van der Waals surface area contributed by atoms with Crippen molar-refractivity contribution in [2.75, 3.05) is 6.54 Å². The molecule has 3 aromatic rings. The van der Waals surface area contributed by atoms with Crippen LogP contribution in [0, 0.1) is 5.41 Å². The van der Waals surface area contributed by atoms with Crippen LogP contribution in [0.3, 0.4) is 0 Å². The van der Waals surface area contributed by atoms with Gasteiger partial charge in [-0.15, -0.1) is 11.3 Å². The number of Topliss-reactive ketones (excluding diaryl/α,β-unsaturated/α-hetero) is 1.